The summed E-state index contributed by atoms with van der Waals surface area (Å²) in [5.74, 6) is 0.719. The number of aromatic amines is 1. The number of nitrogens with zero attached hydrogens (tertiary/aromatic N) is 10. The summed E-state index contributed by atoms with van der Waals surface area (Å²) in [6.07, 6.45) is 4.55. The summed E-state index contributed by atoms with van der Waals surface area (Å²) >= 11 is 0. The standard InChI is InChI=1S/C26H27N11O3/c1-15-13-35(26-30-32-33-37(26)18-8-6-5-7-9-18)16(2)12-34(15)25(39)23(38)19-10-27-22-21(19)20(40-4)11-28-24(22)36-14-29-17(3)31-36/h5-11,14-16,27H,12-13H2,1-4H3/t15?,16-/m0/s1. The zero-order chi connectivity index (χ0) is 28.0. The molecule has 14 heteroatoms. The number of hydrogen-bond acceptors (Lipinski definition) is 10. The number of aromatic nitrogens is 9. The molecular weight excluding hydrogens is 514 g/mol. The average Bonchev–Trinajstić information content (AvgIpc) is 3.73. The number of benzene rings is 1. The van der Waals surface area contributed by atoms with E-state index in [0.717, 1.165) is 5.69 Å². The van der Waals surface area contributed by atoms with Crippen LogP contribution >= 0.6 is 0 Å². The van der Waals surface area contributed by atoms with Crippen LogP contribution in [-0.4, -0.2) is 93.8 Å². The highest BCUT2D eigenvalue weighted by Crippen LogP contribution is 2.32. The van der Waals surface area contributed by atoms with E-state index in [4.69, 9.17) is 4.74 Å². The van der Waals surface area contributed by atoms with Gasteiger partial charge in [0.05, 0.1) is 35.5 Å². The topological polar surface area (TPSA) is 153 Å². The van der Waals surface area contributed by atoms with Crippen molar-refractivity contribution in [3.63, 3.8) is 0 Å². The molecule has 1 unspecified atom stereocenters. The molecule has 4 aromatic heterocycles. The van der Waals surface area contributed by atoms with Gasteiger partial charge in [-0.3, -0.25) is 9.59 Å². The number of para-hydroxylation sites is 1. The Labute approximate surface area is 228 Å². The van der Waals surface area contributed by atoms with Gasteiger partial charge >= 0.3 is 0 Å². The molecule has 14 nitrogen and oxygen atoms in total. The lowest BCUT2D eigenvalue weighted by Crippen LogP contribution is -2.60. The van der Waals surface area contributed by atoms with Crippen molar-refractivity contribution in [2.45, 2.75) is 32.9 Å². The van der Waals surface area contributed by atoms with Gasteiger partial charge in [0.25, 0.3) is 17.6 Å². The lowest BCUT2D eigenvalue weighted by Gasteiger charge is -2.43. The first-order valence-corrected chi connectivity index (χ1v) is 12.8. The van der Waals surface area contributed by atoms with Crippen LogP contribution in [0.15, 0.2) is 49.1 Å². The molecular formula is C26H27N11O3. The molecule has 1 N–H and O–H groups in total. The van der Waals surface area contributed by atoms with Crippen molar-refractivity contribution in [1.82, 2.24) is 49.8 Å². The summed E-state index contributed by atoms with van der Waals surface area (Å²) in [6.45, 7) is 6.42. The van der Waals surface area contributed by atoms with E-state index >= 15 is 0 Å². The number of amides is 1. The van der Waals surface area contributed by atoms with Crippen molar-refractivity contribution in [3.8, 4) is 17.3 Å². The molecule has 204 valence electrons. The van der Waals surface area contributed by atoms with E-state index < -0.39 is 11.7 Å². The van der Waals surface area contributed by atoms with E-state index in [2.05, 4.69) is 40.5 Å². The van der Waals surface area contributed by atoms with Crippen molar-refractivity contribution in [2.24, 2.45) is 0 Å². The molecule has 1 aliphatic rings. The van der Waals surface area contributed by atoms with Crippen LogP contribution in [0.2, 0.25) is 0 Å². The number of methoxy groups -OCH3 is 1. The highest BCUT2D eigenvalue weighted by molar-refractivity contribution is 6.45. The molecule has 1 fully saturated rings. The first-order chi connectivity index (χ1) is 19.4. The van der Waals surface area contributed by atoms with E-state index in [1.165, 1.54) is 30.5 Å². The van der Waals surface area contributed by atoms with Gasteiger partial charge in [-0.15, -0.1) is 0 Å². The lowest BCUT2D eigenvalue weighted by atomic mass is 10.0. The highest BCUT2D eigenvalue weighted by atomic mass is 16.5. The number of hydrogen-bond donors (Lipinski definition) is 1. The number of ether oxygens (including phenoxy) is 1. The number of tetrazole rings is 1. The number of nitrogens with one attached hydrogen (secondary N) is 1. The fraction of sp³-hybridized carbons (Fsp3) is 0.308. The summed E-state index contributed by atoms with van der Waals surface area (Å²) in [6, 6.07) is 9.18. The second-order valence-electron chi connectivity index (χ2n) is 9.70. The van der Waals surface area contributed by atoms with Crippen LogP contribution in [0.25, 0.3) is 22.4 Å². The predicted octanol–water partition coefficient (Wildman–Crippen LogP) is 1.74. The van der Waals surface area contributed by atoms with Crippen LogP contribution in [0.3, 0.4) is 0 Å². The average molecular weight is 542 g/mol. The van der Waals surface area contributed by atoms with Crippen LogP contribution in [-0.2, 0) is 4.79 Å². The third-order valence-electron chi connectivity index (χ3n) is 7.09. The van der Waals surface area contributed by atoms with Gasteiger partial charge in [0, 0.05) is 31.4 Å². The van der Waals surface area contributed by atoms with Gasteiger partial charge in [0.2, 0.25) is 0 Å². The van der Waals surface area contributed by atoms with E-state index in [1.54, 1.807) is 16.5 Å². The van der Waals surface area contributed by atoms with Crippen LogP contribution < -0.4 is 9.64 Å². The summed E-state index contributed by atoms with van der Waals surface area (Å²) in [5.41, 5.74) is 1.55. The number of carbonyl (C=O) groups is 2. The smallest absolute Gasteiger partial charge is 0.295 e. The van der Waals surface area contributed by atoms with Gasteiger partial charge in [-0.1, -0.05) is 23.3 Å². The minimum Gasteiger partial charge on any atom is -0.494 e. The summed E-state index contributed by atoms with van der Waals surface area (Å²) in [4.78, 5) is 42.7. The van der Waals surface area contributed by atoms with Crippen molar-refractivity contribution < 1.29 is 14.3 Å². The van der Waals surface area contributed by atoms with Crippen molar-refractivity contribution in [2.75, 3.05) is 25.1 Å². The third-order valence-corrected chi connectivity index (χ3v) is 7.09. The number of anilines is 1. The van der Waals surface area contributed by atoms with Crippen LogP contribution in [0.4, 0.5) is 5.95 Å². The molecule has 1 saturated heterocycles. The highest BCUT2D eigenvalue weighted by Gasteiger charge is 2.38. The fourth-order valence-corrected chi connectivity index (χ4v) is 5.09. The second-order valence-corrected chi connectivity index (χ2v) is 9.70. The number of aryl methyl sites for hydroxylation is 1. The quantitative estimate of drug-likeness (QED) is 0.248. The molecule has 6 rings (SSSR count). The zero-order valence-corrected chi connectivity index (χ0v) is 22.4. The Morgan fingerprint density at radius 1 is 1.07 bits per heavy atom. The molecule has 0 saturated carbocycles. The van der Waals surface area contributed by atoms with E-state index in [0.29, 0.717) is 47.3 Å². The normalized spacial score (nSPS) is 17.4. The summed E-state index contributed by atoms with van der Waals surface area (Å²) in [7, 11) is 1.49. The number of rotatable bonds is 6. The number of fused-ring (bicyclic) bond motifs is 1. The Hall–Kier alpha value is -5.14. The van der Waals surface area contributed by atoms with Gasteiger partial charge in [-0.2, -0.15) is 9.78 Å². The van der Waals surface area contributed by atoms with Crippen LogP contribution in [0.5, 0.6) is 5.75 Å². The summed E-state index contributed by atoms with van der Waals surface area (Å²) in [5, 5.41) is 17.1. The first kappa shape index (κ1) is 25.2. The number of H-pyrrole nitrogens is 1. The fourth-order valence-electron chi connectivity index (χ4n) is 5.09. The van der Waals surface area contributed by atoms with E-state index in [9.17, 15) is 9.59 Å². The molecule has 5 aromatic rings. The Morgan fingerprint density at radius 3 is 2.60 bits per heavy atom. The number of ketones is 1. The lowest BCUT2D eigenvalue weighted by molar-refractivity contribution is -0.129. The van der Waals surface area contributed by atoms with Crippen LogP contribution in [0.1, 0.15) is 30.0 Å². The minimum absolute atomic E-state index is 0.148. The van der Waals surface area contributed by atoms with E-state index in [1.807, 2.05) is 44.2 Å². The van der Waals surface area contributed by atoms with Crippen molar-refractivity contribution in [3.05, 3.63) is 60.4 Å². The number of carbonyl (C=O) groups excluding carboxylic acids is 2. The van der Waals surface area contributed by atoms with Gasteiger partial charge in [0.1, 0.15) is 17.9 Å². The van der Waals surface area contributed by atoms with Crippen LogP contribution in [0, 0.1) is 6.92 Å². The molecule has 0 spiro atoms. The van der Waals surface area contributed by atoms with Gasteiger partial charge in [-0.05, 0) is 43.3 Å². The monoisotopic (exact) mass is 541 g/mol. The van der Waals surface area contributed by atoms with Gasteiger partial charge < -0.3 is 19.5 Å². The minimum atomic E-state index is -0.641. The molecule has 1 aromatic carbocycles. The molecule has 40 heavy (non-hydrogen) atoms. The summed E-state index contributed by atoms with van der Waals surface area (Å²) < 4.78 is 8.69. The maximum atomic E-state index is 13.7. The van der Waals surface area contributed by atoms with Crippen molar-refractivity contribution in [1.29, 1.82) is 0 Å². The van der Waals surface area contributed by atoms with Crippen molar-refractivity contribution >= 4 is 28.5 Å². The molecule has 0 aliphatic carbocycles. The largest absolute Gasteiger partial charge is 0.494 e. The van der Waals surface area contributed by atoms with Gasteiger partial charge in [-0.25, -0.2) is 14.6 Å². The molecule has 1 amide bonds. The Kier molecular flexibility index (Phi) is 6.21. The molecule has 1 aliphatic heterocycles. The number of pyridine rings is 1. The Bertz CT molecular complexity index is 1710. The Balaban J connectivity index is 1.28. The SMILES string of the molecule is COc1cnc(-n2cnc(C)n2)c2[nH]cc(C(=O)C(=O)N3C[C@H](C)N(c4nnnn4-c4ccccc4)CC3C)c12. The third kappa shape index (κ3) is 4.13. The first-order valence-electron chi connectivity index (χ1n) is 12.8. The number of piperazine rings is 1. The maximum absolute atomic E-state index is 13.7. The van der Waals surface area contributed by atoms with Gasteiger partial charge in [0.15, 0.2) is 5.82 Å². The molecule has 0 bridgehead atoms. The number of Topliss-reactive ketones (excluding diaryl/α,β-unsaturated/α-hetero) is 1. The Morgan fingerprint density at radius 2 is 1.88 bits per heavy atom. The molecule has 0 radical (unpaired) electrons. The van der Waals surface area contributed by atoms with E-state index in [-0.39, 0.29) is 17.6 Å². The predicted molar refractivity (Wildman–Crippen MR) is 144 cm³/mol. The molecule has 5 heterocycles. The zero-order valence-electron chi connectivity index (χ0n) is 22.4. The molecule has 2 atom stereocenters. The maximum Gasteiger partial charge on any atom is 0.295 e. The second kappa shape index (κ2) is 9.87.